The first-order valence-corrected chi connectivity index (χ1v) is 3.72. The first-order valence-electron chi connectivity index (χ1n) is 3.72. The van der Waals surface area contributed by atoms with E-state index >= 15 is 0 Å². The number of carboxylic acid groups (broad SMARTS) is 1. The smallest absolute Gasteiger partial charge is 1.00 e. The van der Waals surface area contributed by atoms with Gasteiger partial charge >= 0.3 is 43.7 Å². The van der Waals surface area contributed by atoms with Gasteiger partial charge in [0.25, 0.3) is 0 Å². The number of aliphatic carboxylic acids is 1. The number of carbonyl (C=O) groups is 1. The maximum Gasteiger partial charge on any atom is 2.00 e. The minimum Gasteiger partial charge on any atom is -1.00 e. The van der Waals surface area contributed by atoms with Crippen molar-refractivity contribution in [2.75, 3.05) is 0 Å². The van der Waals surface area contributed by atoms with Crippen LogP contribution >= 0.6 is 0 Å². The van der Waals surface area contributed by atoms with E-state index in [4.69, 9.17) is 10.8 Å². The molecule has 1 atom stereocenters. The number of nitrogens with two attached hydrogens (primary N) is 1. The number of hydrogen-bond donors (Lipinski definition) is 2. The molecule has 1 rings (SSSR count). The van der Waals surface area contributed by atoms with Crippen LogP contribution in [0.25, 0.3) is 0 Å². The predicted octanol–water partition coefficient (Wildman–Crippen LogP) is 0.485. The van der Waals surface area contributed by atoms with Crippen molar-refractivity contribution in [1.29, 1.82) is 0 Å². The van der Waals surface area contributed by atoms with Crippen LogP contribution in [-0.2, 0) is 11.2 Å². The van der Waals surface area contributed by atoms with Gasteiger partial charge in [-0.2, -0.15) is 0 Å². The second-order valence-corrected chi connectivity index (χ2v) is 2.63. The van der Waals surface area contributed by atoms with E-state index < -0.39 is 12.0 Å². The Kier molecular flexibility index (Phi) is 6.33. The van der Waals surface area contributed by atoms with E-state index in [0.29, 0.717) is 6.42 Å². The standard InChI is InChI=1S/C9H11NO2.Ca.2H/c10-8(9(11)12)6-7-4-2-1-3-5-7;;;/h1-5,8H,6,10H2,(H,11,12);;;/q;+2;2*-1. The molecule has 0 saturated heterocycles. The molecule has 3 N–H and O–H groups in total. The molecule has 3 nitrogen and oxygen atoms in total. The van der Waals surface area contributed by atoms with Crippen molar-refractivity contribution in [2.24, 2.45) is 5.73 Å². The zero-order valence-corrected chi connectivity index (χ0v) is 9.52. The first-order chi connectivity index (χ1) is 5.70. The second-order valence-electron chi connectivity index (χ2n) is 2.63. The number of rotatable bonds is 3. The van der Waals surface area contributed by atoms with Crippen LogP contribution in [0.2, 0.25) is 0 Å². The van der Waals surface area contributed by atoms with E-state index in [1.54, 1.807) is 0 Å². The van der Waals surface area contributed by atoms with Crippen LogP contribution in [0.5, 0.6) is 0 Å². The molecule has 0 aliphatic carbocycles. The molecule has 68 valence electrons. The van der Waals surface area contributed by atoms with E-state index in [-0.39, 0.29) is 40.6 Å². The molecule has 0 amide bonds. The van der Waals surface area contributed by atoms with Crippen LogP contribution in [0, 0.1) is 0 Å². The van der Waals surface area contributed by atoms with Crippen molar-refractivity contribution in [2.45, 2.75) is 12.5 Å². The third-order valence-electron chi connectivity index (χ3n) is 1.62. The van der Waals surface area contributed by atoms with Gasteiger partial charge in [-0.15, -0.1) is 0 Å². The summed E-state index contributed by atoms with van der Waals surface area (Å²) < 4.78 is 0. The van der Waals surface area contributed by atoms with Gasteiger partial charge in [-0.25, -0.2) is 0 Å². The fourth-order valence-corrected chi connectivity index (χ4v) is 0.955. The number of hydrogen-bond acceptors (Lipinski definition) is 2. The van der Waals surface area contributed by atoms with Gasteiger partial charge in [-0.1, -0.05) is 30.3 Å². The summed E-state index contributed by atoms with van der Waals surface area (Å²) in [5.41, 5.74) is 6.30. The van der Waals surface area contributed by atoms with E-state index in [1.807, 2.05) is 30.3 Å². The largest absolute Gasteiger partial charge is 2.00 e. The molecule has 1 aromatic carbocycles. The normalized spacial score (nSPS) is 11.5. The molecule has 4 heteroatoms. The molecular formula is C9H13CaNO2. The van der Waals surface area contributed by atoms with Gasteiger partial charge in [0.1, 0.15) is 6.04 Å². The van der Waals surface area contributed by atoms with Crippen molar-refractivity contribution >= 4 is 43.7 Å². The molecular weight excluding hydrogens is 194 g/mol. The van der Waals surface area contributed by atoms with Gasteiger partial charge in [0.2, 0.25) is 0 Å². The van der Waals surface area contributed by atoms with Gasteiger partial charge in [0.05, 0.1) is 0 Å². The molecule has 0 bridgehead atoms. The Balaban J connectivity index is -0.000000480. The van der Waals surface area contributed by atoms with Crippen LogP contribution in [0.1, 0.15) is 8.42 Å². The summed E-state index contributed by atoms with van der Waals surface area (Å²) >= 11 is 0. The predicted molar refractivity (Wildman–Crippen MR) is 53.7 cm³/mol. The minimum atomic E-state index is -0.959. The first kappa shape index (κ1) is 12.9. The molecule has 0 aliphatic heterocycles. The number of carboxylic acids is 1. The fourth-order valence-electron chi connectivity index (χ4n) is 0.955. The Hall–Kier alpha value is -0.0903. The summed E-state index contributed by atoms with van der Waals surface area (Å²) in [5, 5.41) is 8.52. The van der Waals surface area contributed by atoms with Gasteiger partial charge in [-0.3, -0.25) is 4.79 Å². The maximum absolute atomic E-state index is 10.4. The van der Waals surface area contributed by atoms with Crippen molar-refractivity contribution in [3.63, 3.8) is 0 Å². The molecule has 0 heterocycles. The average Bonchev–Trinajstić information content (AvgIpc) is 2.06. The van der Waals surface area contributed by atoms with Crippen LogP contribution in [0.4, 0.5) is 0 Å². The van der Waals surface area contributed by atoms with E-state index in [2.05, 4.69) is 0 Å². The number of benzene rings is 1. The molecule has 0 aliphatic rings. The van der Waals surface area contributed by atoms with Gasteiger partial charge in [0.15, 0.2) is 0 Å². The van der Waals surface area contributed by atoms with Crippen LogP contribution < -0.4 is 5.73 Å². The van der Waals surface area contributed by atoms with Gasteiger partial charge < -0.3 is 13.7 Å². The molecule has 13 heavy (non-hydrogen) atoms. The third kappa shape index (κ3) is 4.62. The molecule has 0 radical (unpaired) electrons. The Labute approximate surface area is 110 Å². The summed E-state index contributed by atoms with van der Waals surface area (Å²) in [6.45, 7) is 0. The molecule has 0 aromatic heterocycles. The molecule has 0 spiro atoms. The summed E-state index contributed by atoms with van der Waals surface area (Å²) in [5.74, 6) is -0.959. The summed E-state index contributed by atoms with van der Waals surface area (Å²) in [4.78, 5) is 10.4. The molecule has 1 unspecified atom stereocenters. The average molecular weight is 207 g/mol. The van der Waals surface area contributed by atoms with E-state index in [9.17, 15) is 4.79 Å². The van der Waals surface area contributed by atoms with Gasteiger partial charge in [-0.05, 0) is 12.0 Å². The fraction of sp³-hybridized carbons (Fsp3) is 0.222. The SMILES string of the molecule is NC(Cc1ccccc1)C(=O)O.[Ca+2].[H-].[H-]. The third-order valence-corrected chi connectivity index (χ3v) is 1.62. The quantitative estimate of drug-likeness (QED) is 0.709. The van der Waals surface area contributed by atoms with E-state index in [1.165, 1.54) is 0 Å². The summed E-state index contributed by atoms with van der Waals surface area (Å²) in [6, 6.07) is 8.54. The van der Waals surface area contributed by atoms with Gasteiger partial charge in [0, 0.05) is 0 Å². The Morgan fingerprint density at radius 2 is 2.00 bits per heavy atom. The molecule has 1 aromatic rings. The maximum atomic E-state index is 10.4. The zero-order chi connectivity index (χ0) is 8.97. The summed E-state index contributed by atoms with van der Waals surface area (Å²) in [7, 11) is 0. The minimum absolute atomic E-state index is 0. The van der Waals surface area contributed by atoms with Crippen molar-refractivity contribution in [1.82, 2.24) is 0 Å². The Morgan fingerprint density at radius 1 is 1.46 bits per heavy atom. The van der Waals surface area contributed by atoms with Crippen molar-refractivity contribution < 1.29 is 12.8 Å². The monoisotopic (exact) mass is 207 g/mol. The van der Waals surface area contributed by atoms with Crippen LogP contribution in [0.3, 0.4) is 0 Å². The second kappa shape index (κ2) is 6.38. The Morgan fingerprint density at radius 3 is 2.46 bits per heavy atom. The topological polar surface area (TPSA) is 63.3 Å². The van der Waals surface area contributed by atoms with Crippen LogP contribution in [-0.4, -0.2) is 54.9 Å². The zero-order valence-electron chi connectivity index (χ0n) is 9.31. The van der Waals surface area contributed by atoms with E-state index in [0.717, 1.165) is 5.56 Å². The molecule has 0 saturated carbocycles. The van der Waals surface area contributed by atoms with Crippen LogP contribution in [0.15, 0.2) is 30.3 Å². The summed E-state index contributed by atoms with van der Waals surface area (Å²) in [6.07, 6.45) is 0.385. The van der Waals surface area contributed by atoms with Crippen molar-refractivity contribution in [3.8, 4) is 0 Å². The Bertz CT molecular complexity index is 272. The molecule has 0 fully saturated rings. The van der Waals surface area contributed by atoms with Crippen molar-refractivity contribution in [3.05, 3.63) is 35.9 Å².